The van der Waals surface area contributed by atoms with Gasteiger partial charge in [0.25, 0.3) is 0 Å². The first-order valence-corrected chi connectivity index (χ1v) is 11.1. The Kier molecular flexibility index (Phi) is 6.00. The fourth-order valence-electron chi connectivity index (χ4n) is 3.92. The van der Waals surface area contributed by atoms with Crippen LogP contribution in [-0.2, 0) is 18.6 Å². The molecule has 0 atom stereocenters. The summed E-state index contributed by atoms with van der Waals surface area (Å²) in [5.74, 6) is 0.217. The van der Waals surface area contributed by atoms with Crippen LogP contribution in [0.4, 0.5) is 4.39 Å². The summed E-state index contributed by atoms with van der Waals surface area (Å²) in [6, 6.07) is 16.9. The van der Waals surface area contributed by atoms with Crippen molar-refractivity contribution in [3.8, 4) is 5.88 Å². The van der Waals surface area contributed by atoms with Crippen LogP contribution in [0.5, 0.6) is 5.88 Å². The highest BCUT2D eigenvalue weighted by molar-refractivity contribution is 6.30. The quantitative estimate of drug-likeness (QED) is 0.297. The van der Waals surface area contributed by atoms with Crippen LogP contribution < -0.4 is 4.74 Å². The molecule has 0 unspecified atom stereocenters. The summed E-state index contributed by atoms with van der Waals surface area (Å²) in [6.07, 6.45) is 0. The van der Waals surface area contributed by atoms with Crippen molar-refractivity contribution in [2.75, 3.05) is 0 Å². The van der Waals surface area contributed by atoms with E-state index in [4.69, 9.17) is 16.3 Å². The fourth-order valence-corrected chi connectivity index (χ4v) is 4.11. The normalized spacial score (nSPS) is 11.8. The van der Waals surface area contributed by atoms with Gasteiger partial charge in [0.05, 0.1) is 0 Å². The van der Waals surface area contributed by atoms with Crippen molar-refractivity contribution in [2.45, 2.75) is 53.2 Å². The lowest BCUT2D eigenvalue weighted by molar-refractivity contribution is 0.296. The second-order valence-electron chi connectivity index (χ2n) is 9.30. The van der Waals surface area contributed by atoms with Crippen LogP contribution in [0.25, 0.3) is 10.9 Å². The van der Waals surface area contributed by atoms with Gasteiger partial charge < -0.3 is 9.30 Å². The summed E-state index contributed by atoms with van der Waals surface area (Å²) in [6.45, 7) is 11.8. The number of hydrogen-bond donors (Lipinski definition) is 0. The molecule has 2 aromatic heterocycles. The van der Waals surface area contributed by atoms with E-state index in [1.165, 1.54) is 23.3 Å². The maximum Gasteiger partial charge on any atom is 0.240 e. The molecule has 4 rings (SSSR count). The Labute approximate surface area is 193 Å². The third-order valence-electron chi connectivity index (χ3n) is 6.00. The van der Waals surface area contributed by atoms with Crippen molar-refractivity contribution in [1.82, 2.24) is 9.55 Å². The summed E-state index contributed by atoms with van der Waals surface area (Å²) in [7, 11) is 0. The molecule has 0 radical (unpaired) electrons. The second-order valence-corrected chi connectivity index (χ2v) is 9.69. The molecule has 0 fully saturated rings. The average Bonchev–Trinajstić information content (AvgIpc) is 2.98. The summed E-state index contributed by atoms with van der Waals surface area (Å²) in [5, 5.41) is 1.42. The molecule has 32 heavy (non-hydrogen) atoms. The second kappa shape index (κ2) is 8.59. The Morgan fingerprint density at radius 1 is 0.969 bits per heavy atom. The molecule has 0 bridgehead atoms. The van der Waals surface area contributed by atoms with Gasteiger partial charge in [-0.05, 0) is 59.7 Å². The molecule has 5 heteroatoms. The maximum atomic E-state index is 13.2. The van der Waals surface area contributed by atoms with Crippen molar-refractivity contribution in [3.63, 3.8) is 0 Å². The minimum absolute atomic E-state index is 0.118. The Morgan fingerprint density at radius 3 is 2.22 bits per heavy atom. The molecule has 0 saturated carbocycles. The van der Waals surface area contributed by atoms with Crippen LogP contribution in [0.1, 0.15) is 48.7 Å². The van der Waals surface area contributed by atoms with Crippen molar-refractivity contribution >= 4 is 22.5 Å². The molecule has 0 saturated heterocycles. The van der Waals surface area contributed by atoms with E-state index in [1.54, 1.807) is 12.1 Å². The summed E-state index contributed by atoms with van der Waals surface area (Å²) < 4.78 is 21.6. The number of halogens is 2. The highest BCUT2D eigenvalue weighted by Crippen LogP contribution is 2.34. The first-order valence-electron chi connectivity index (χ1n) is 10.8. The molecule has 2 aromatic carbocycles. The third kappa shape index (κ3) is 4.51. The number of rotatable bonds is 5. The van der Waals surface area contributed by atoms with Gasteiger partial charge in [-0.25, -0.2) is 4.39 Å². The van der Waals surface area contributed by atoms with Crippen LogP contribution in [-0.4, -0.2) is 9.55 Å². The van der Waals surface area contributed by atoms with Gasteiger partial charge in [-0.2, -0.15) is 4.98 Å². The smallest absolute Gasteiger partial charge is 0.240 e. The molecular formula is C27H28ClFN2O. The van der Waals surface area contributed by atoms with Crippen molar-refractivity contribution in [3.05, 3.63) is 93.5 Å². The van der Waals surface area contributed by atoms with Gasteiger partial charge in [-0.3, -0.25) is 0 Å². The SMILES string of the molecule is Cc1c(C)n(Cc2ccc(C(C)(C)C)cc2)c2c(OCc3ccc(F)cc3)nc(Cl)cc12. The number of aryl methyl sites for hydroxylation is 1. The van der Waals surface area contributed by atoms with Crippen LogP contribution in [0.2, 0.25) is 5.15 Å². The molecular weight excluding hydrogens is 423 g/mol. The van der Waals surface area contributed by atoms with Crippen LogP contribution in [0.15, 0.2) is 54.6 Å². The number of hydrogen-bond acceptors (Lipinski definition) is 2. The van der Waals surface area contributed by atoms with E-state index in [-0.39, 0.29) is 17.8 Å². The molecule has 2 heterocycles. The highest BCUT2D eigenvalue weighted by Gasteiger charge is 2.19. The lowest BCUT2D eigenvalue weighted by Crippen LogP contribution is -2.11. The van der Waals surface area contributed by atoms with E-state index in [1.807, 2.05) is 6.07 Å². The molecule has 0 N–H and O–H groups in total. The lowest BCUT2D eigenvalue weighted by Gasteiger charge is -2.19. The van der Waals surface area contributed by atoms with E-state index < -0.39 is 0 Å². The molecule has 4 aromatic rings. The fraction of sp³-hybridized carbons (Fsp3) is 0.296. The third-order valence-corrected chi connectivity index (χ3v) is 6.19. The molecule has 166 valence electrons. The van der Waals surface area contributed by atoms with Gasteiger partial charge in [-0.15, -0.1) is 0 Å². The monoisotopic (exact) mass is 450 g/mol. The first-order chi connectivity index (χ1) is 15.1. The van der Waals surface area contributed by atoms with Crippen molar-refractivity contribution < 1.29 is 9.13 Å². The number of ether oxygens (including phenoxy) is 1. The van der Waals surface area contributed by atoms with Gasteiger partial charge in [0.1, 0.15) is 23.1 Å². The van der Waals surface area contributed by atoms with Crippen molar-refractivity contribution in [2.24, 2.45) is 0 Å². The van der Waals surface area contributed by atoms with Gasteiger partial charge in [-0.1, -0.05) is 68.8 Å². The van der Waals surface area contributed by atoms with Gasteiger partial charge in [0.2, 0.25) is 5.88 Å². The van der Waals surface area contributed by atoms with Gasteiger partial charge >= 0.3 is 0 Å². The highest BCUT2D eigenvalue weighted by atomic mass is 35.5. The zero-order valence-corrected chi connectivity index (χ0v) is 19.9. The van der Waals surface area contributed by atoms with E-state index in [9.17, 15) is 4.39 Å². The van der Waals surface area contributed by atoms with Crippen LogP contribution >= 0.6 is 11.6 Å². The predicted molar refractivity (Wildman–Crippen MR) is 129 cm³/mol. The zero-order chi connectivity index (χ0) is 23.0. The Bertz CT molecular complexity index is 1250. The van der Waals surface area contributed by atoms with Gasteiger partial charge in [0, 0.05) is 17.6 Å². The number of benzene rings is 2. The zero-order valence-electron chi connectivity index (χ0n) is 19.2. The minimum atomic E-state index is -0.269. The topological polar surface area (TPSA) is 27.1 Å². The Balaban J connectivity index is 1.72. The van der Waals surface area contributed by atoms with E-state index >= 15 is 0 Å². The number of fused-ring (bicyclic) bond motifs is 1. The van der Waals surface area contributed by atoms with Crippen molar-refractivity contribution in [1.29, 1.82) is 0 Å². The lowest BCUT2D eigenvalue weighted by atomic mass is 9.87. The Hall–Kier alpha value is -2.85. The Morgan fingerprint density at radius 2 is 1.59 bits per heavy atom. The minimum Gasteiger partial charge on any atom is -0.471 e. The largest absolute Gasteiger partial charge is 0.471 e. The molecule has 0 amide bonds. The summed E-state index contributed by atoms with van der Waals surface area (Å²) >= 11 is 6.33. The molecule has 0 aliphatic carbocycles. The molecule has 3 nitrogen and oxygen atoms in total. The molecule has 0 aliphatic heterocycles. The summed E-state index contributed by atoms with van der Waals surface area (Å²) in [5.41, 5.74) is 6.73. The van der Waals surface area contributed by atoms with E-state index in [0.717, 1.165) is 27.7 Å². The van der Waals surface area contributed by atoms with Gasteiger partial charge in [0.15, 0.2) is 0 Å². The summed E-state index contributed by atoms with van der Waals surface area (Å²) in [4.78, 5) is 4.49. The average molecular weight is 451 g/mol. The van der Waals surface area contributed by atoms with Crippen LogP contribution in [0, 0.1) is 19.7 Å². The number of nitrogens with zero attached hydrogens (tertiary/aromatic N) is 2. The van der Waals surface area contributed by atoms with E-state index in [0.29, 0.717) is 17.6 Å². The number of aromatic nitrogens is 2. The first kappa shape index (κ1) is 22.3. The number of pyridine rings is 1. The molecule has 0 spiro atoms. The standard InChI is InChI=1S/C27H28ClFN2O/c1-17-18(2)31(15-19-6-10-21(11-7-19)27(3,4)5)25-23(17)14-24(28)30-26(25)32-16-20-8-12-22(29)13-9-20/h6-14H,15-16H2,1-5H3. The van der Waals surface area contributed by atoms with Crippen LogP contribution in [0.3, 0.4) is 0 Å². The van der Waals surface area contributed by atoms with E-state index in [2.05, 4.69) is 68.4 Å². The molecule has 0 aliphatic rings. The predicted octanol–water partition coefficient (Wildman–Crippen LogP) is 7.37. The maximum absolute atomic E-state index is 13.2.